The highest BCUT2D eigenvalue weighted by Gasteiger charge is 2.10. The van der Waals surface area contributed by atoms with Gasteiger partial charge in [-0.25, -0.2) is 0 Å². The molecule has 1 atom stereocenters. The number of hydrogen-bond acceptors (Lipinski definition) is 8. The summed E-state index contributed by atoms with van der Waals surface area (Å²) in [6.07, 6.45) is 2.89. The van der Waals surface area contributed by atoms with Crippen molar-refractivity contribution in [1.82, 2.24) is 16.0 Å². The van der Waals surface area contributed by atoms with Gasteiger partial charge in [-0.2, -0.15) is 0 Å². The van der Waals surface area contributed by atoms with Crippen LogP contribution in [-0.4, -0.2) is 87.7 Å². The molecule has 0 saturated carbocycles. The number of unbranched alkanes of at least 4 members (excludes halogenated alkanes) is 1. The fourth-order valence-electron chi connectivity index (χ4n) is 2.41. The molecule has 0 rings (SSSR count). The number of carboxylic acids is 1. The van der Waals surface area contributed by atoms with E-state index in [1.54, 1.807) is 6.92 Å². The van der Waals surface area contributed by atoms with Crippen molar-refractivity contribution in [3.63, 3.8) is 0 Å². The second kappa shape index (κ2) is 21.6. The van der Waals surface area contributed by atoms with E-state index in [4.69, 9.17) is 25.1 Å². The van der Waals surface area contributed by atoms with Crippen LogP contribution in [0.25, 0.3) is 0 Å². The summed E-state index contributed by atoms with van der Waals surface area (Å²) < 4.78 is 15.9. The highest BCUT2D eigenvalue weighted by atomic mass is 16.5. The number of nitrogens with one attached hydrogen (secondary N) is 3. The molecule has 0 aromatic heterocycles. The molecule has 0 radical (unpaired) electrons. The highest BCUT2D eigenvalue weighted by molar-refractivity contribution is 5.83. The maximum absolute atomic E-state index is 11.7. The van der Waals surface area contributed by atoms with Crippen molar-refractivity contribution < 1.29 is 38.5 Å². The van der Waals surface area contributed by atoms with E-state index >= 15 is 0 Å². The monoisotopic (exact) mass is 476 g/mol. The van der Waals surface area contributed by atoms with Crippen LogP contribution in [0.4, 0.5) is 0 Å². The van der Waals surface area contributed by atoms with Crippen LogP contribution in [0.2, 0.25) is 0 Å². The average molecular weight is 477 g/mol. The summed E-state index contributed by atoms with van der Waals surface area (Å²) in [5.41, 5.74) is 5.40. The van der Waals surface area contributed by atoms with Crippen LogP contribution >= 0.6 is 0 Å². The van der Waals surface area contributed by atoms with Gasteiger partial charge in [0, 0.05) is 39.0 Å². The van der Waals surface area contributed by atoms with Crippen LogP contribution in [0.3, 0.4) is 0 Å². The van der Waals surface area contributed by atoms with E-state index in [9.17, 15) is 19.2 Å². The molecule has 12 nitrogen and oxygen atoms in total. The number of carbonyl (C=O) groups excluding carboxylic acids is 3. The second-order valence-corrected chi connectivity index (χ2v) is 7.22. The first-order valence-corrected chi connectivity index (χ1v) is 11.4. The largest absolute Gasteiger partial charge is 0.480 e. The number of rotatable bonds is 22. The summed E-state index contributed by atoms with van der Waals surface area (Å²) >= 11 is 0. The number of amides is 3. The summed E-state index contributed by atoms with van der Waals surface area (Å²) in [6, 6.07) is -0.874. The normalized spacial score (nSPS) is 11.6. The van der Waals surface area contributed by atoms with E-state index in [0.717, 1.165) is 0 Å². The molecule has 0 aromatic rings. The van der Waals surface area contributed by atoms with E-state index in [1.165, 1.54) is 0 Å². The molecule has 192 valence electrons. The molecule has 0 aliphatic carbocycles. The van der Waals surface area contributed by atoms with Gasteiger partial charge in [0.25, 0.3) is 0 Å². The Balaban J connectivity index is 3.38. The van der Waals surface area contributed by atoms with Gasteiger partial charge < -0.3 is 41.0 Å². The van der Waals surface area contributed by atoms with Gasteiger partial charge >= 0.3 is 5.97 Å². The Hall–Kier alpha value is -2.28. The first kappa shape index (κ1) is 30.7. The van der Waals surface area contributed by atoms with Gasteiger partial charge in [-0.3, -0.25) is 19.2 Å². The van der Waals surface area contributed by atoms with Crippen molar-refractivity contribution >= 4 is 23.7 Å². The van der Waals surface area contributed by atoms with Crippen LogP contribution in [0.5, 0.6) is 0 Å². The number of carboxylic acid groups (broad SMARTS) is 1. The minimum absolute atomic E-state index is 0.0596. The van der Waals surface area contributed by atoms with Crippen LogP contribution in [0.15, 0.2) is 0 Å². The Bertz CT molecular complexity index is 562. The van der Waals surface area contributed by atoms with Gasteiger partial charge in [-0.05, 0) is 25.7 Å². The molecule has 0 aliphatic heterocycles. The summed E-state index contributed by atoms with van der Waals surface area (Å²) in [6.45, 7) is 4.97. The van der Waals surface area contributed by atoms with E-state index in [0.29, 0.717) is 78.2 Å². The van der Waals surface area contributed by atoms with Crippen LogP contribution in [0.1, 0.15) is 51.9 Å². The molecule has 3 amide bonds. The molecule has 33 heavy (non-hydrogen) atoms. The SMILES string of the molecule is CCC(=O)NCOCCOCCOCCCNC(=O)CCC(=O)NCCCC[C@H](N)C(=O)O. The minimum Gasteiger partial charge on any atom is -0.480 e. The average Bonchev–Trinajstić information content (AvgIpc) is 2.79. The van der Waals surface area contributed by atoms with E-state index < -0.39 is 12.0 Å². The molecule has 0 bridgehead atoms. The molecular weight excluding hydrogens is 436 g/mol. The van der Waals surface area contributed by atoms with E-state index in [2.05, 4.69) is 16.0 Å². The molecule has 0 aromatic carbocycles. The van der Waals surface area contributed by atoms with Gasteiger partial charge in [-0.1, -0.05) is 6.92 Å². The zero-order valence-electron chi connectivity index (χ0n) is 19.6. The van der Waals surface area contributed by atoms with E-state index in [1.807, 2.05) is 0 Å². The quantitative estimate of drug-likeness (QED) is 0.102. The van der Waals surface area contributed by atoms with Crippen LogP contribution in [-0.2, 0) is 33.4 Å². The van der Waals surface area contributed by atoms with Gasteiger partial charge in [0.05, 0.1) is 26.4 Å². The van der Waals surface area contributed by atoms with Crippen molar-refractivity contribution in [2.45, 2.75) is 57.9 Å². The second-order valence-electron chi connectivity index (χ2n) is 7.22. The van der Waals surface area contributed by atoms with E-state index in [-0.39, 0.29) is 37.3 Å². The van der Waals surface area contributed by atoms with Crippen molar-refractivity contribution in [1.29, 1.82) is 0 Å². The summed E-state index contributed by atoms with van der Waals surface area (Å²) in [4.78, 5) is 45.0. The molecular formula is C21H40N4O8. The smallest absolute Gasteiger partial charge is 0.320 e. The fraction of sp³-hybridized carbons (Fsp3) is 0.810. The van der Waals surface area contributed by atoms with Gasteiger partial charge in [-0.15, -0.1) is 0 Å². The maximum atomic E-state index is 11.7. The summed E-state index contributed by atoms with van der Waals surface area (Å²) in [7, 11) is 0. The Morgan fingerprint density at radius 3 is 1.88 bits per heavy atom. The third kappa shape index (κ3) is 21.3. The number of hydrogen-bond donors (Lipinski definition) is 5. The van der Waals surface area contributed by atoms with Gasteiger partial charge in [0.2, 0.25) is 17.7 Å². The molecule has 0 heterocycles. The molecule has 0 unspecified atom stereocenters. The summed E-state index contributed by atoms with van der Waals surface area (Å²) in [5.74, 6) is -1.50. The third-order valence-corrected chi connectivity index (χ3v) is 4.38. The Morgan fingerprint density at radius 2 is 1.30 bits per heavy atom. The van der Waals surface area contributed by atoms with Crippen LogP contribution in [0, 0.1) is 0 Å². The van der Waals surface area contributed by atoms with Crippen molar-refractivity contribution in [3.05, 3.63) is 0 Å². The first-order valence-electron chi connectivity index (χ1n) is 11.4. The molecule has 0 fully saturated rings. The van der Waals surface area contributed by atoms with Gasteiger partial charge in [0.15, 0.2) is 0 Å². The topological polar surface area (TPSA) is 178 Å². The maximum Gasteiger partial charge on any atom is 0.320 e. The Labute approximate surface area is 195 Å². The lowest BCUT2D eigenvalue weighted by molar-refractivity contribution is -0.138. The number of aliphatic carboxylic acids is 1. The van der Waals surface area contributed by atoms with Gasteiger partial charge in [0.1, 0.15) is 12.8 Å². The first-order chi connectivity index (χ1) is 15.9. The van der Waals surface area contributed by atoms with Crippen molar-refractivity contribution in [3.8, 4) is 0 Å². The zero-order valence-corrected chi connectivity index (χ0v) is 19.6. The zero-order chi connectivity index (χ0) is 24.7. The molecule has 12 heteroatoms. The molecule has 0 aliphatic rings. The lowest BCUT2D eigenvalue weighted by Gasteiger charge is -2.08. The van der Waals surface area contributed by atoms with Crippen molar-refractivity contribution in [2.24, 2.45) is 5.73 Å². The molecule has 0 saturated heterocycles. The number of ether oxygens (including phenoxy) is 3. The summed E-state index contributed by atoms with van der Waals surface area (Å²) in [5, 5.41) is 16.7. The fourth-order valence-corrected chi connectivity index (χ4v) is 2.41. The van der Waals surface area contributed by atoms with Crippen molar-refractivity contribution in [2.75, 3.05) is 52.9 Å². The third-order valence-electron chi connectivity index (χ3n) is 4.38. The highest BCUT2D eigenvalue weighted by Crippen LogP contribution is 1.99. The number of nitrogens with two attached hydrogens (primary N) is 1. The predicted octanol–water partition coefficient (Wildman–Crippen LogP) is -0.495. The lowest BCUT2D eigenvalue weighted by atomic mass is 10.1. The minimum atomic E-state index is -1.03. The number of carbonyl (C=O) groups is 4. The Kier molecular flexibility index (Phi) is 20.1. The Morgan fingerprint density at radius 1 is 0.758 bits per heavy atom. The standard InChI is InChI=1S/C21H40N4O8/c1-2-18(26)25-16-33-15-14-32-13-12-31-11-5-10-24-20(28)8-7-19(27)23-9-4-3-6-17(22)21(29)30/h17H,2-16,22H2,1H3,(H,23,27)(H,24,28)(H,25,26)(H,29,30)/t17-/m0/s1. The molecule has 0 spiro atoms. The predicted molar refractivity (Wildman–Crippen MR) is 120 cm³/mol. The lowest BCUT2D eigenvalue weighted by Crippen LogP contribution is -2.31. The molecule has 6 N–H and O–H groups in total. The van der Waals surface area contributed by atoms with Crippen LogP contribution < -0.4 is 21.7 Å².